The Balaban J connectivity index is 0.000000126. The Morgan fingerprint density at radius 1 is 0.320 bits per heavy atom. The second kappa shape index (κ2) is 40.9. The lowest BCUT2D eigenvalue weighted by Gasteiger charge is -2.42. The highest BCUT2D eigenvalue weighted by Crippen LogP contribution is 2.43. The van der Waals surface area contributed by atoms with E-state index in [1.54, 1.807) is 36.3 Å². The van der Waals surface area contributed by atoms with Gasteiger partial charge in [0.15, 0.2) is 0 Å². The van der Waals surface area contributed by atoms with Crippen LogP contribution in [0.2, 0.25) is 0 Å². The van der Waals surface area contributed by atoms with Crippen LogP contribution in [0.1, 0.15) is 249 Å². The molecule has 0 spiro atoms. The van der Waals surface area contributed by atoms with Crippen molar-refractivity contribution in [3.05, 3.63) is 172 Å². The SMILES string of the molecule is CC(C)OC(=O)N1Cc2cc(N3CCN(C4CCCC4)CC3)ccc2C(C)(C)C1.CC1(C)CN(C(=O)OC2CCCCC2)Cc2cc(N3CCN(C4CCCC4)CC3)ccc21.CC1(C)CN(C(=O)Oc2ccc(F)cc2)Cc2cc(N3CCN(C4CCCC4)CC3)ccc21.COc1ccc(OC(=O)N2Cc3cc(N4CCN(C5CCCC5)CC4)ccc3C(C)(C)C2)cc1. The van der Waals surface area contributed by atoms with Crippen molar-refractivity contribution in [3.8, 4) is 17.2 Å². The first-order valence-corrected chi connectivity index (χ1v) is 49.4. The van der Waals surface area contributed by atoms with Crippen molar-refractivity contribution in [2.24, 2.45) is 0 Å². The van der Waals surface area contributed by atoms with Gasteiger partial charge in [0, 0.05) is 226 Å². The fraction of sp³-hybridized carbons (Fsp3) is 0.623. The topological polar surface area (TPSA) is 153 Å². The third-order valence-electron chi connectivity index (χ3n) is 30.6. The van der Waals surface area contributed by atoms with E-state index in [-0.39, 0.29) is 58.0 Å². The monoisotopic (exact) mass is 1750 g/mol. The molecule has 6 aromatic carbocycles. The maximum atomic E-state index is 13.2. The fourth-order valence-electron chi connectivity index (χ4n) is 23.7. The van der Waals surface area contributed by atoms with E-state index in [4.69, 9.17) is 23.7 Å². The number of piperazine rings is 4. The van der Waals surface area contributed by atoms with Crippen LogP contribution in [0.3, 0.4) is 0 Å². The lowest BCUT2D eigenvalue weighted by molar-refractivity contribution is 0.0370. The molecule has 0 aromatic heterocycles. The molecule has 9 fully saturated rings. The third kappa shape index (κ3) is 22.5. The Kier molecular flexibility index (Phi) is 29.5. The van der Waals surface area contributed by atoms with Gasteiger partial charge >= 0.3 is 24.4 Å². The lowest BCUT2D eigenvalue weighted by Crippen LogP contribution is -2.50. The number of ether oxygens (including phenoxy) is 5. The number of nitrogens with zero attached hydrogens (tertiary/aromatic N) is 12. The van der Waals surface area contributed by atoms with Gasteiger partial charge in [-0.15, -0.1) is 0 Å². The average molecular weight is 1750 g/mol. The molecule has 0 bridgehead atoms. The summed E-state index contributed by atoms with van der Waals surface area (Å²) in [6.07, 6.45) is 26.9. The summed E-state index contributed by atoms with van der Waals surface area (Å²) in [5.74, 6) is 1.28. The summed E-state index contributed by atoms with van der Waals surface area (Å²) in [4.78, 5) is 79.7. The van der Waals surface area contributed by atoms with Gasteiger partial charge in [-0.3, -0.25) is 19.6 Å². The molecule has 0 radical (unpaired) electrons. The Labute approximate surface area is 764 Å². The van der Waals surface area contributed by atoms with Gasteiger partial charge in [-0.2, -0.15) is 0 Å². The van der Waals surface area contributed by atoms with Crippen LogP contribution in [0.5, 0.6) is 17.2 Å². The fourth-order valence-corrected chi connectivity index (χ4v) is 23.7. The van der Waals surface area contributed by atoms with Crippen LogP contribution in [-0.2, 0) is 57.3 Å². The minimum Gasteiger partial charge on any atom is -0.497 e. The van der Waals surface area contributed by atoms with Gasteiger partial charge in [0.2, 0.25) is 0 Å². The zero-order chi connectivity index (χ0) is 89.4. The minimum atomic E-state index is -0.393. The van der Waals surface area contributed by atoms with Gasteiger partial charge in [0.25, 0.3) is 0 Å². The van der Waals surface area contributed by atoms with Crippen molar-refractivity contribution in [2.45, 2.75) is 288 Å². The van der Waals surface area contributed by atoms with E-state index in [9.17, 15) is 23.6 Å². The summed E-state index contributed by atoms with van der Waals surface area (Å²) in [5, 5.41) is 0. The van der Waals surface area contributed by atoms with Crippen LogP contribution in [0.15, 0.2) is 121 Å². The molecule has 22 heteroatoms. The van der Waals surface area contributed by atoms with Gasteiger partial charge in [0.05, 0.1) is 13.2 Å². The van der Waals surface area contributed by atoms with E-state index in [1.807, 2.05) is 28.5 Å². The Hall–Kier alpha value is -8.83. The number of halogens is 1. The summed E-state index contributed by atoms with van der Waals surface area (Å²) in [5.41, 5.74) is 15.0. The normalized spacial score (nSPS) is 22.4. The third-order valence-corrected chi connectivity index (χ3v) is 30.6. The number of hydrogen-bond donors (Lipinski definition) is 0. The van der Waals surface area contributed by atoms with Gasteiger partial charge < -0.3 is 62.9 Å². The zero-order valence-corrected chi connectivity index (χ0v) is 79.2. The number of rotatable bonds is 13. The predicted octanol–water partition coefficient (Wildman–Crippen LogP) is 19.9. The molecule has 13 aliphatic rings. The van der Waals surface area contributed by atoms with Crippen molar-refractivity contribution in [3.63, 3.8) is 0 Å². The molecule has 5 saturated carbocycles. The number of methoxy groups -OCH3 is 1. The van der Waals surface area contributed by atoms with Crippen molar-refractivity contribution in [2.75, 3.05) is 158 Å². The first-order valence-electron chi connectivity index (χ1n) is 49.4. The Bertz CT molecular complexity index is 4710. The van der Waals surface area contributed by atoms with E-state index in [0.29, 0.717) is 57.3 Å². The van der Waals surface area contributed by atoms with E-state index in [0.717, 1.165) is 128 Å². The highest BCUT2D eigenvalue weighted by Gasteiger charge is 2.42. The molecule has 0 atom stereocenters. The van der Waals surface area contributed by atoms with Crippen molar-refractivity contribution in [1.82, 2.24) is 39.2 Å². The first-order chi connectivity index (χ1) is 61.6. The Morgan fingerprint density at radius 3 is 0.859 bits per heavy atom. The van der Waals surface area contributed by atoms with Crippen LogP contribution in [0.4, 0.5) is 46.3 Å². The van der Waals surface area contributed by atoms with Crippen molar-refractivity contribution in [1.29, 1.82) is 0 Å². The number of carbonyl (C=O) groups excluding carboxylic acids is 4. The maximum absolute atomic E-state index is 13.2. The average Bonchev–Trinajstić information content (AvgIpc) is 0.987. The van der Waals surface area contributed by atoms with Gasteiger partial charge in [0.1, 0.15) is 29.2 Å². The van der Waals surface area contributed by atoms with E-state index in [2.05, 4.69) is 167 Å². The van der Waals surface area contributed by atoms with E-state index in [1.165, 1.54) is 240 Å². The zero-order valence-electron chi connectivity index (χ0n) is 79.2. The first kappa shape index (κ1) is 92.4. The second-order valence-corrected chi connectivity index (χ2v) is 42.1. The van der Waals surface area contributed by atoms with Gasteiger partial charge in [-0.1, -0.05) is 137 Å². The number of fused-ring (bicyclic) bond motifs is 4. The summed E-state index contributed by atoms with van der Waals surface area (Å²) < 4.78 is 41.0. The molecule has 4 amide bonds. The molecular weight excluding hydrogens is 1600 g/mol. The largest absolute Gasteiger partial charge is 0.497 e. The van der Waals surface area contributed by atoms with Crippen molar-refractivity contribution >= 4 is 47.1 Å². The molecule has 8 aliphatic heterocycles. The lowest BCUT2D eigenvalue weighted by atomic mass is 9.78. The molecular formula is C106H149FN12O9. The number of anilines is 4. The minimum absolute atomic E-state index is 0.0567. The molecule has 694 valence electrons. The summed E-state index contributed by atoms with van der Waals surface area (Å²) in [6.45, 7) is 44.4. The standard InChI is InChI=1S/C28H37N3O3.C27H34FN3O2.C27H41N3O2.C24H37N3O2/c1-28(2)20-31(27(32)34-25-11-9-24(33-3)10-12-25)19-21-18-23(8-13-26(21)28)30-16-14-29(15-17-30)22-6-4-5-7-22;1-27(2)19-31(26(32)33-24-10-7-21(28)8-11-24)18-20-17-23(9-12-25(20)27)30-15-13-29(14-16-30)22-5-3-4-6-22;1-27(2)20-30(26(31)32-24-10-4-3-5-11-24)19-21-18-23(12-13-25(21)27)29-16-14-28(15-17-29)22-8-6-7-9-22;1-18(2)29-23(28)27-16-19-15-21(9-10-22(19)24(3,4)17-27)26-13-11-25(12-14-26)20-7-5-6-8-20/h8-13,18,22H,4-7,14-17,19-20H2,1-3H3;7-12,17,22H,3-6,13-16,18-19H2,1-2H3;12-13,18,22,24H,3-11,14-17,19-20H2,1-2H3;9-10,15,18,20H,5-8,11-14,16-17H2,1-4H3. The molecule has 19 rings (SSSR count). The number of amides is 4. The van der Waals surface area contributed by atoms with Crippen molar-refractivity contribution < 1.29 is 47.3 Å². The molecule has 6 aromatic rings. The highest BCUT2D eigenvalue weighted by molar-refractivity contribution is 5.74. The smallest absolute Gasteiger partial charge is 0.415 e. The summed E-state index contributed by atoms with van der Waals surface area (Å²) in [7, 11) is 1.62. The predicted molar refractivity (Wildman–Crippen MR) is 510 cm³/mol. The molecule has 4 saturated heterocycles. The second-order valence-electron chi connectivity index (χ2n) is 42.1. The van der Waals surface area contributed by atoms with Crippen LogP contribution in [0, 0.1) is 5.82 Å². The molecule has 21 nitrogen and oxygen atoms in total. The highest BCUT2D eigenvalue weighted by atomic mass is 19.1. The van der Waals surface area contributed by atoms with Gasteiger partial charge in [-0.25, -0.2) is 23.6 Å². The molecule has 5 aliphatic carbocycles. The molecule has 0 unspecified atom stereocenters. The van der Waals surface area contributed by atoms with Crippen LogP contribution < -0.4 is 33.8 Å². The molecule has 8 heterocycles. The van der Waals surface area contributed by atoms with E-state index < -0.39 is 6.09 Å². The van der Waals surface area contributed by atoms with E-state index >= 15 is 0 Å². The Morgan fingerprint density at radius 2 is 0.578 bits per heavy atom. The van der Waals surface area contributed by atoms with Crippen LogP contribution >= 0.6 is 0 Å². The quantitative estimate of drug-likeness (QED) is 0.108. The number of hydrogen-bond acceptors (Lipinski definition) is 17. The van der Waals surface area contributed by atoms with Crippen LogP contribution in [-0.4, -0.2) is 238 Å². The summed E-state index contributed by atoms with van der Waals surface area (Å²) in [6, 6.07) is 43.4. The molecule has 0 N–H and O–H groups in total. The van der Waals surface area contributed by atoms with Gasteiger partial charge in [-0.05, 0) is 232 Å². The summed E-state index contributed by atoms with van der Waals surface area (Å²) >= 11 is 0. The molecule has 128 heavy (non-hydrogen) atoms. The number of carbonyl (C=O) groups is 4. The van der Waals surface area contributed by atoms with Crippen LogP contribution in [0.25, 0.3) is 0 Å². The number of benzene rings is 6. The maximum Gasteiger partial charge on any atom is 0.415 e.